The van der Waals surface area contributed by atoms with Crippen LogP contribution in [0.5, 0.6) is 0 Å². The zero-order valence-electron chi connectivity index (χ0n) is 25.0. The molecule has 2 heterocycles. The first-order chi connectivity index (χ1) is 23.1. The molecular formula is C41H24BrN5. The van der Waals surface area contributed by atoms with Crippen molar-refractivity contribution in [2.45, 2.75) is 0 Å². The molecule has 0 aliphatic carbocycles. The highest BCUT2D eigenvalue weighted by Gasteiger charge is 2.15. The van der Waals surface area contributed by atoms with Crippen molar-refractivity contribution in [3.05, 3.63) is 156 Å². The van der Waals surface area contributed by atoms with Gasteiger partial charge in [-0.3, -0.25) is 4.98 Å². The Morgan fingerprint density at radius 3 is 1.89 bits per heavy atom. The molecule has 0 saturated heterocycles. The molecule has 0 spiro atoms. The Morgan fingerprint density at radius 2 is 1.13 bits per heavy atom. The summed E-state index contributed by atoms with van der Waals surface area (Å²) in [7, 11) is 0. The van der Waals surface area contributed by atoms with Crippen LogP contribution in [0.25, 0.3) is 78.1 Å². The summed E-state index contributed by atoms with van der Waals surface area (Å²) in [6.45, 7) is 0. The molecule has 8 aromatic rings. The van der Waals surface area contributed by atoms with Crippen LogP contribution in [0.1, 0.15) is 5.56 Å². The Hall–Kier alpha value is -6.03. The fourth-order valence-electron chi connectivity index (χ4n) is 5.87. The molecule has 0 radical (unpaired) electrons. The molecular weight excluding hydrogens is 642 g/mol. The molecule has 6 aromatic carbocycles. The Bertz CT molecular complexity index is 2480. The molecule has 8 rings (SSSR count). The van der Waals surface area contributed by atoms with Gasteiger partial charge in [-0.2, -0.15) is 5.26 Å². The van der Waals surface area contributed by atoms with Crippen molar-refractivity contribution in [2.75, 3.05) is 0 Å². The zero-order valence-corrected chi connectivity index (χ0v) is 26.6. The molecule has 47 heavy (non-hydrogen) atoms. The molecule has 0 fully saturated rings. The largest absolute Gasteiger partial charge is 0.256 e. The Kier molecular flexibility index (Phi) is 7.29. The van der Waals surface area contributed by atoms with E-state index >= 15 is 0 Å². The van der Waals surface area contributed by atoms with E-state index in [0.717, 1.165) is 65.1 Å². The molecule has 6 heteroatoms. The van der Waals surface area contributed by atoms with Crippen molar-refractivity contribution >= 4 is 37.6 Å². The summed E-state index contributed by atoms with van der Waals surface area (Å²) < 4.78 is 0.923. The van der Waals surface area contributed by atoms with Crippen molar-refractivity contribution in [1.29, 1.82) is 5.26 Å². The number of rotatable bonds is 5. The van der Waals surface area contributed by atoms with E-state index in [2.05, 4.69) is 93.7 Å². The predicted molar refractivity (Wildman–Crippen MR) is 192 cm³/mol. The van der Waals surface area contributed by atoms with Crippen LogP contribution in [0, 0.1) is 11.3 Å². The highest BCUT2D eigenvalue weighted by Crippen LogP contribution is 2.35. The van der Waals surface area contributed by atoms with Gasteiger partial charge in [0.25, 0.3) is 0 Å². The third-order valence-corrected chi connectivity index (χ3v) is 8.70. The highest BCUT2D eigenvalue weighted by atomic mass is 79.9. The van der Waals surface area contributed by atoms with Crippen LogP contribution in [-0.2, 0) is 0 Å². The maximum Gasteiger partial charge on any atom is 0.164 e. The molecule has 0 atom stereocenters. The lowest BCUT2D eigenvalue weighted by Gasteiger charge is -2.12. The minimum absolute atomic E-state index is 0.579. The summed E-state index contributed by atoms with van der Waals surface area (Å²) in [5, 5.41) is 12.5. The topological polar surface area (TPSA) is 75.3 Å². The number of benzene rings is 6. The van der Waals surface area contributed by atoms with E-state index < -0.39 is 0 Å². The van der Waals surface area contributed by atoms with Crippen molar-refractivity contribution in [2.24, 2.45) is 0 Å². The van der Waals surface area contributed by atoms with Crippen LogP contribution in [0.3, 0.4) is 0 Å². The first-order valence-electron chi connectivity index (χ1n) is 15.1. The third kappa shape index (κ3) is 5.65. The van der Waals surface area contributed by atoms with Crippen LogP contribution < -0.4 is 0 Å². The third-order valence-electron chi connectivity index (χ3n) is 8.25. The van der Waals surface area contributed by atoms with E-state index in [-0.39, 0.29) is 0 Å². The minimum atomic E-state index is 0.579. The molecule has 0 bridgehead atoms. The SMILES string of the molecule is N#Cc1ccc(-c2ccc(-c3nc(-c4cc(Br)cc(-c5cccc6ncccc56)c4)nc(-c4ccc5ccccc5c4)n3)cc2)cc1. The summed E-state index contributed by atoms with van der Waals surface area (Å²) in [4.78, 5) is 19.6. The summed E-state index contributed by atoms with van der Waals surface area (Å²) in [5.74, 6) is 1.76. The van der Waals surface area contributed by atoms with Crippen LogP contribution in [0.4, 0.5) is 0 Å². The summed E-state index contributed by atoms with van der Waals surface area (Å²) in [5.41, 5.74) is 8.44. The second-order valence-corrected chi connectivity index (χ2v) is 12.2. The lowest BCUT2D eigenvalue weighted by molar-refractivity contribution is 1.07. The summed E-state index contributed by atoms with van der Waals surface area (Å²) in [6, 6.07) is 49.0. The molecule has 0 amide bonds. The van der Waals surface area contributed by atoms with Crippen LogP contribution >= 0.6 is 15.9 Å². The maximum atomic E-state index is 9.18. The highest BCUT2D eigenvalue weighted by molar-refractivity contribution is 9.10. The number of aromatic nitrogens is 4. The number of fused-ring (bicyclic) bond motifs is 2. The second kappa shape index (κ2) is 12.1. The first-order valence-corrected chi connectivity index (χ1v) is 15.9. The van der Waals surface area contributed by atoms with Crippen molar-refractivity contribution in [1.82, 2.24) is 19.9 Å². The lowest BCUT2D eigenvalue weighted by atomic mass is 9.98. The maximum absolute atomic E-state index is 9.18. The normalized spacial score (nSPS) is 11.1. The van der Waals surface area contributed by atoms with Crippen LogP contribution in [-0.4, -0.2) is 19.9 Å². The van der Waals surface area contributed by atoms with Crippen LogP contribution in [0.15, 0.2) is 150 Å². The van der Waals surface area contributed by atoms with Gasteiger partial charge in [-0.15, -0.1) is 0 Å². The van der Waals surface area contributed by atoms with E-state index in [0.29, 0.717) is 23.0 Å². The molecule has 2 aromatic heterocycles. The van der Waals surface area contributed by atoms with E-state index in [9.17, 15) is 5.26 Å². The van der Waals surface area contributed by atoms with Crippen molar-refractivity contribution < 1.29 is 0 Å². The Balaban J connectivity index is 1.27. The van der Waals surface area contributed by atoms with Gasteiger partial charge in [0.2, 0.25) is 0 Å². The zero-order chi connectivity index (χ0) is 31.7. The van der Waals surface area contributed by atoms with Gasteiger partial charge < -0.3 is 0 Å². The lowest BCUT2D eigenvalue weighted by Crippen LogP contribution is -2.00. The van der Waals surface area contributed by atoms with Gasteiger partial charge in [-0.1, -0.05) is 107 Å². The first kappa shape index (κ1) is 28.4. The monoisotopic (exact) mass is 665 g/mol. The van der Waals surface area contributed by atoms with Crippen molar-refractivity contribution in [3.8, 4) is 62.5 Å². The van der Waals surface area contributed by atoms with Gasteiger partial charge in [-0.25, -0.2) is 15.0 Å². The Morgan fingerprint density at radius 1 is 0.489 bits per heavy atom. The van der Waals surface area contributed by atoms with Gasteiger partial charge in [0.15, 0.2) is 17.5 Å². The molecule has 0 N–H and O–H groups in total. The van der Waals surface area contributed by atoms with E-state index in [1.165, 1.54) is 0 Å². The van der Waals surface area contributed by atoms with Crippen molar-refractivity contribution in [3.63, 3.8) is 0 Å². The molecule has 0 aliphatic rings. The number of halogens is 1. The molecule has 220 valence electrons. The number of nitriles is 1. The van der Waals surface area contributed by atoms with E-state index in [1.54, 1.807) is 0 Å². The fourth-order valence-corrected chi connectivity index (χ4v) is 6.36. The number of hydrogen-bond acceptors (Lipinski definition) is 5. The average Bonchev–Trinajstić information content (AvgIpc) is 3.14. The standard InChI is InChI=1S/C41H24BrN5/c42-35-23-33(36-7-3-9-38-37(36)8-4-20-44-38)22-34(24-35)41-46-39(30-17-14-29(15-18-30)28-12-10-26(25-43)11-13-28)45-40(47-41)32-19-16-27-5-1-2-6-31(27)21-32/h1-24H. The number of nitrogens with zero attached hydrogens (tertiary/aromatic N) is 5. The quantitative estimate of drug-likeness (QED) is 0.183. The minimum Gasteiger partial charge on any atom is -0.256 e. The van der Waals surface area contributed by atoms with Gasteiger partial charge in [-0.05, 0) is 81.6 Å². The summed E-state index contributed by atoms with van der Waals surface area (Å²) in [6.07, 6.45) is 1.82. The van der Waals surface area contributed by atoms with Crippen LogP contribution in [0.2, 0.25) is 0 Å². The fraction of sp³-hybridized carbons (Fsp3) is 0. The second-order valence-electron chi connectivity index (χ2n) is 11.2. The van der Waals surface area contributed by atoms with E-state index in [4.69, 9.17) is 15.0 Å². The van der Waals surface area contributed by atoms with E-state index in [1.807, 2.05) is 79.0 Å². The van der Waals surface area contributed by atoms with Gasteiger partial charge >= 0.3 is 0 Å². The smallest absolute Gasteiger partial charge is 0.164 e. The Labute approximate surface area is 280 Å². The predicted octanol–water partition coefficient (Wildman–Crippen LogP) is 10.5. The molecule has 5 nitrogen and oxygen atoms in total. The van der Waals surface area contributed by atoms with Gasteiger partial charge in [0.1, 0.15) is 0 Å². The van der Waals surface area contributed by atoms with Gasteiger partial charge in [0, 0.05) is 32.7 Å². The number of pyridine rings is 1. The average molecular weight is 667 g/mol. The molecule has 0 saturated carbocycles. The molecule has 0 unspecified atom stereocenters. The number of hydrogen-bond donors (Lipinski definition) is 0. The molecule has 0 aliphatic heterocycles. The van der Waals surface area contributed by atoms with Gasteiger partial charge in [0.05, 0.1) is 17.1 Å². The summed E-state index contributed by atoms with van der Waals surface area (Å²) >= 11 is 3.76.